The van der Waals surface area contributed by atoms with Crippen LogP contribution in [0.25, 0.3) is 0 Å². The molecule has 0 spiro atoms. The molecule has 5 nitrogen and oxygen atoms in total. The fraction of sp³-hybridized carbons (Fsp3) is 0.429. The minimum atomic E-state index is -0.0338. The average Bonchev–Trinajstić information content (AvgIpc) is 2.41. The number of carbonyl (C=O) groups excluding carboxylic acids is 1. The van der Waals surface area contributed by atoms with Crippen molar-refractivity contribution < 1.29 is 10.0 Å². The maximum absolute atomic E-state index is 12.0. The number of para-hydroxylation sites is 1. The molecular formula is C14H18BrN3O2. The number of anilines is 1. The maximum atomic E-state index is 12.0. The quantitative estimate of drug-likeness (QED) is 0.657. The lowest BCUT2D eigenvalue weighted by Crippen LogP contribution is -2.43. The molecule has 1 aliphatic rings. The first-order chi connectivity index (χ1) is 9.60. The van der Waals surface area contributed by atoms with Crippen LogP contribution in [0.1, 0.15) is 13.3 Å². The van der Waals surface area contributed by atoms with E-state index >= 15 is 0 Å². The van der Waals surface area contributed by atoms with Crippen molar-refractivity contribution in [2.24, 2.45) is 11.1 Å². The van der Waals surface area contributed by atoms with Gasteiger partial charge in [-0.2, -0.15) is 0 Å². The van der Waals surface area contributed by atoms with Gasteiger partial charge in [-0.25, -0.2) is 0 Å². The molecule has 0 saturated carbocycles. The van der Waals surface area contributed by atoms with Crippen molar-refractivity contribution in [2.75, 3.05) is 25.0 Å². The number of nitrogens with one attached hydrogen (secondary N) is 1. The molecule has 1 aromatic carbocycles. The Morgan fingerprint density at radius 3 is 2.95 bits per heavy atom. The van der Waals surface area contributed by atoms with Crippen LogP contribution in [-0.4, -0.2) is 41.4 Å². The van der Waals surface area contributed by atoms with Crippen molar-refractivity contribution in [3.63, 3.8) is 0 Å². The molecule has 1 saturated heterocycles. The van der Waals surface area contributed by atoms with E-state index in [1.54, 1.807) is 0 Å². The molecule has 0 radical (unpaired) electrons. The van der Waals surface area contributed by atoms with Crippen LogP contribution in [0, 0.1) is 5.92 Å². The molecule has 1 atom stereocenters. The summed E-state index contributed by atoms with van der Waals surface area (Å²) in [6, 6.07) is 7.54. The summed E-state index contributed by atoms with van der Waals surface area (Å²) in [5.41, 5.74) is 1.59. The molecular weight excluding hydrogens is 322 g/mol. The smallest absolute Gasteiger partial charge is 0.238 e. The molecule has 0 aliphatic carbocycles. The molecule has 0 aromatic heterocycles. The Morgan fingerprint density at radius 1 is 1.55 bits per heavy atom. The number of rotatable bonds is 3. The number of likely N-dealkylation sites (tertiary alicyclic amines) is 1. The molecule has 108 valence electrons. The van der Waals surface area contributed by atoms with Crippen LogP contribution in [0.3, 0.4) is 0 Å². The van der Waals surface area contributed by atoms with Crippen LogP contribution in [0.15, 0.2) is 33.9 Å². The number of oxime groups is 1. The summed E-state index contributed by atoms with van der Waals surface area (Å²) in [4.78, 5) is 14.1. The fourth-order valence-electron chi connectivity index (χ4n) is 2.35. The Morgan fingerprint density at radius 2 is 2.30 bits per heavy atom. The SMILES string of the molecule is CC1CN(CC(=O)Nc2ccccc2Br)CC/C1=N\O. The minimum absolute atomic E-state index is 0.0338. The van der Waals surface area contributed by atoms with Crippen molar-refractivity contribution in [1.82, 2.24) is 4.90 Å². The van der Waals surface area contributed by atoms with Crippen LogP contribution in [0.2, 0.25) is 0 Å². The predicted molar refractivity (Wildman–Crippen MR) is 82.2 cm³/mol. The first kappa shape index (κ1) is 15.0. The molecule has 20 heavy (non-hydrogen) atoms. The lowest BCUT2D eigenvalue weighted by atomic mass is 9.98. The third-order valence-electron chi connectivity index (χ3n) is 3.43. The zero-order valence-electron chi connectivity index (χ0n) is 11.3. The maximum Gasteiger partial charge on any atom is 0.238 e. The monoisotopic (exact) mass is 339 g/mol. The van der Waals surface area contributed by atoms with Gasteiger partial charge in [0.25, 0.3) is 0 Å². The number of nitrogens with zero attached hydrogens (tertiary/aromatic N) is 2. The number of benzene rings is 1. The van der Waals surface area contributed by atoms with Crippen molar-refractivity contribution in [1.29, 1.82) is 0 Å². The molecule has 1 unspecified atom stereocenters. The summed E-state index contributed by atoms with van der Waals surface area (Å²) in [6.45, 7) is 3.84. The zero-order valence-corrected chi connectivity index (χ0v) is 12.9. The average molecular weight is 340 g/mol. The van der Waals surface area contributed by atoms with Gasteiger partial charge in [-0.3, -0.25) is 9.69 Å². The third-order valence-corrected chi connectivity index (χ3v) is 4.12. The van der Waals surface area contributed by atoms with Crippen LogP contribution in [0.4, 0.5) is 5.69 Å². The standard InChI is InChI=1S/C14H18BrN3O2/c1-10-8-18(7-6-12(10)17-20)9-14(19)16-13-5-3-2-4-11(13)15/h2-5,10,20H,6-9H2,1H3,(H,16,19)/b17-12+. The van der Waals surface area contributed by atoms with Gasteiger partial charge in [0.2, 0.25) is 5.91 Å². The molecule has 1 amide bonds. The largest absolute Gasteiger partial charge is 0.411 e. The second-order valence-electron chi connectivity index (χ2n) is 5.01. The third kappa shape index (κ3) is 3.80. The highest BCUT2D eigenvalue weighted by Crippen LogP contribution is 2.21. The van der Waals surface area contributed by atoms with E-state index in [1.807, 2.05) is 31.2 Å². The molecule has 2 N–H and O–H groups in total. The topological polar surface area (TPSA) is 64.9 Å². The van der Waals surface area contributed by atoms with Gasteiger partial charge in [-0.05, 0) is 28.1 Å². The van der Waals surface area contributed by atoms with Gasteiger partial charge >= 0.3 is 0 Å². The number of amides is 1. The number of halogens is 1. The van der Waals surface area contributed by atoms with E-state index in [2.05, 4.69) is 31.3 Å². The van der Waals surface area contributed by atoms with E-state index in [1.165, 1.54) is 0 Å². The zero-order chi connectivity index (χ0) is 14.5. The summed E-state index contributed by atoms with van der Waals surface area (Å²) in [5, 5.41) is 15.0. The molecule has 1 fully saturated rings. The Bertz CT molecular complexity index is 519. The van der Waals surface area contributed by atoms with E-state index < -0.39 is 0 Å². The van der Waals surface area contributed by atoms with Crippen LogP contribution < -0.4 is 5.32 Å². The summed E-state index contributed by atoms with van der Waals surface area (Å²) in [6.07, 6.45) is 0.708. The van der Waals surface area contributed by atoms with E-state index in [-0.39, 0.29) is 11.8 Å². The van der Waals surface area contributed by atoms with E-state index in [0.29, 0.717) is 13.0 Å². The first-order valence-corrected chi connectivity index (χ1v) is 7.37. The lowest BCUT2D eigenvalue weighted by Gasteiger charge is -2.30. The normalized spacial score (nSPS) is 21.9. The predicted octanol–water partition coefficient (Wildman–Crippen LogP) is 2.56. The Hall–Kier alpha value is -1.40. The molecule has 1 aliphatic heterocycles. The summed E-state index contributed by atoms with van der Waals surface area (Å²) < 4.78 is 0.870. The highest BCUT2D eigenvalue weighted by molar-refractivity contribution is 9.10. The van der Waals surface area contributed by atoms with Crippen molar-refractivity contribution in [2.45, 2.75) is 13.3 Å². The van der Waals surface area contributed by atoms with Gasteiger partial charge in [0.15, 0.2) is 0 Å². The van der Waals surface area contributed by atoms with Gasteiger partial charge in [0, 0.05) is 29.9 Å². The summed E-state index contributed by atoms with van der Waals surface area (Å²) in [5.74, 6) is 0.151. The first-order valence-electron chi connectivity index (χ1n) is 6.57. The van der Waals surface area contributed by atoms with E-state index in [4.69, 9.17) is 5.21 Å². The number of piperidine rings is 1. The van der Waals surface area contributed by atoms with Crippen LogP contribution in [-0.2, 0) is 4.79 Å². The highest BCUT2D eigenvalue weighted by atomic mass is 79.9. The van der Waals surface area contributed by atoms with Crippen molar-refractivity contribution in [3.05, 3.63) is 28.7 Å². The molecule has 2 rings (SSSR count). The van der Waals surface area contributed by atoms with Gasteiger partial charge in [-0.1, -0.05) is 24.2 Å². The number of carbonyl (C=O) groups is 1. The number of hydrogen-bond donors (Lipinski definition) is 2. The van der Waals surface area contributed by atoms with Gasteiger partial charge < -0.3 is 10.5 Å². The van der Waals surface area contributed by atoms with Crippen LogP contribution in [0.5, 0.6) is 0 Å². The van der Waals surface area contributed by atoms with E-state index in [0.717, 1.165) is 29.0 Å². The Balaban J connectivity index is 1.88. The Kier molecular flexibility index (Phi) is 5.14. The number of hydrogen-bond acceptors (Lipinski definition) is 4. The second kappa shape index (κ2) is 6.85. The second-order valence-corrected chi connectivity index (χ2v) is 5.86. The van der Waals surface area contributed by atoms with E-state index in [9.17, 15) is 4.79 Å². The highest BCUT2D eigenvalue weighted by Gasteiger charge is 2.23. The van der Waals surface area contributed by atoms with Crippen LogP contribution >= 0.6 is 15.9 Å². The minimum Gasteiger partial charge on any atom is -0.411 e. The Labute approximate surface area is 126 Å². The lowest BCUT2D eigenvalue weighted by molar-refractivity contribution is -0.117. The summed E-state index contributed by atoms with van der Waals surface area (Å²) >= 11 is 3.40. The fourth-order valence-corrected chi connectivity index (χ4v) is 2.73. The van der Waals surface area contributed by atoms with Gasteiger partial charge in [0.05, 0.1) is 17.9 Å². The molecule has 0 bridgehead atoms. The molecule has 1 heterocycles. The van der Waals surface area contributed by atoms with Gasteiger partial charge in [0.1, 0.15) is 0 Å². The summed E-state index contributed by atoms with van der Waals surface area (Å²) in [7, 11) is 0. The van der Waals surface area contributed by atoms with Gasteiger partial charge in [-0.15, -0.1) is 0 Å². The van der Waals surface area contributed by atoms with Crippen molar-refractivity contribution in [3.8, 4) is 0 Å². The van der Waals surface area contributed by atoms with Crippen molar-refractivity contribution >= 4 is 33.2 Å². The molecule has 1 aromatic rings. The molecule has 6 heteroatoms.